The Morgan fingerprint density at radius 1 is 1.19 bits per heavy atom. The van der Waals surface area contributed by atoms with Crippen molar-refractivity contribution in [2.45, 2.75) is 58.6 Å². The van der Waals surface area contributed by atoms with Crippen molar-refractivity contribution in [3.8, 4) is 11.1 Å². The summed E-state index contributed by atoms with van der Waals surface area (Å²) < 4.78 is 19.7. The third-order valence-corrected chi connectivity index (χ3v) is 6.52. The molecule has 0 spiro atoms. The molecule has 36 heavy (non-hydrogen) atoms. The minimum atomic E-state index is -1.19. The molecular formula is C27H32ClFN2O5. The number of hydrogen-bond donors (Lipinski definition) is 2. The summed E-state index contributed by atoms with van der Waals surface area (Å²) in [7, 11) is 0. The van der Waals surface area contributed by atoms with Crippen LogP contribution in [0.3, 0.4) is 0 Å². The van der Waals surface area contributed by atoms with Gasteiger partial charge in [0, 0.05) is 36.6 Å². The smallest absolute Gasteiger partial charge is 0.407 e. The van der Waals surface area contributed by atoms with Crippen LogP contribution in [0.4, 0.5) is 9.18 Å². The van der Waals surface area contributed by atoms with Crippen molar-refractivity contribution in [3.63, 3.8) is 0 Å². The Morgan fingerprint density at radius 2 is 1.86 bits per heavy atom. The lowest BCUT2D eigenvalue weighted by Gasteiger charge is -2.31. The molecule has 1 fully saturated rings. The van der Waals surface area contributed by atoms with E-state index in [4.69, 9.17) is 16.3 Å². The monoisotopic (exact) mass is 518 g/mol. The lowest BCUT2D eigenvalue weighted by atomic mass is 9.79. The fourth-order valence-corrected chi connectivity index (χ4v) is 4.69. The van der Waals surface area contributed by atoms with E-state index in [1.165, 1.54) is 24.0 Å². The molecule has 3 rings (SSSR count). The number of benzene rings is 2. The molecule has 0 radical (unpaired) electrons. The first-order valence-corrected chi connectivity index (χ1v) is 12.2. The predicted octanol–water partition coefficient (Wildman–Crippen LogP) is 5.30. The summed E-state index contributed by atoms with van der Waals surface area (Å²) in [5.41, 5.74) is -0.0671. The first kappa shape index (κ1) is 27.5. The predicted molar refractivity (Wildman–Crippen MR) is 135 cm³/mol. The van der Waals surface area contributed by atoms with Crippen molar-refractivity contribution in [2.24, 2.45) is 5.41 Å². The average molecular weight is 519 g/mol. The van der Waals surface area contributed by atoms with Crippen LogP contribution in [-0.4, -0.2) is 52.7 Å². The van der Waals surface area contributed by atoms with Crippen LogP contribution in [0.15, 0.2) is 42.5 Å². The van der Waals surface area contributed by atoms with Gasteiger partial charge in [0.15, 0.2) is 0 Å². The lowest BCUT2D eigenvalue weighted by molar-refractivity contribution is -0.149. The summed E-state index contributed by atoms with van der Waals surface area (Å²) in [6.07, 6.45) is 0.0939. The molecule has 0 aliphatic carbocycles. The number of carbonyl (C=O) groups excluding carboxylic acids is 2. The average Bonchev–Trinajstić information content (AvgIpc) is 3.20. The fraction of sp³-hybridized carbons (Fsp3) is 0.444. The van der Waals surface area contributed by atoms with Gasteiger partial charge in [-0.15, -0.1) is 0 Å². The number of likely N-dealkylation sites (tertiary alicyclic amines) is 1. The van der Waals surface area contributed by atoms with Gasteiger partial charge in [0.1, 0.15) is 11.4 Å². The molecule has 9 heteroatoms. The fourth-order valence-electron chi connectivity index (χ4n) is 4.51. The van der Waals surface area contributed by atoms with Crippen LogP contribution < -0.4 is 5.32 Å². The Morgan fingerprint density at radius 3 is 2.42 bits per heavy atom. The largest absolute Gasteiger partial charge is 0.481 e. The summed E-state index contributed by atoms with van der Waals surface area (Å²) in [4.78, 5) is 38.3. The quantitative estimate of drug-likeness (QED) is 0.519. The van der Waals surface area contributed by atoms with E-state index in [9.17, 15) is 23.9 Å². The number of aliphatic carboxylic acids is 1. The molecular weight excluding hydrogens is 487 g/mol. The number of alkyl carbamates (subject to hydrolysis) is 1. The molecule has 1 aliphatic heterocycles. The highest BCUT2D eigenvalue weighted by molar-refractivity contribution is 6.30. The SMILES string of the molecule is CC(=O)N1CCC(C[C@@H](Cc2ccc(-c3cc(Cl)ccc3F)cc2)NC(=O)OC(C)(C)C)(C(=O)O)C1. The molecule has 0 saturated carbocycles. The van der Waals surface area contributed by atoms with Gasteiger partial charge >= 0.3 is 12.1 Å². The van der Waals surface area contributed by atoms with Gasteiger partial charge in [-0.1, -0.05) is 35.9 Å². The maximum atomic E-state index is 14.3. The van der Waals surface area contributed by atoms with Crippen molar-refractivity contribution in [1.29, 1.82) is 0 Å². The molecule has 0 bridgehead atoms. The van der Waals surface area contributed by atoms with Crippen LogP contribution >= 0.6 is 11.6 Å². The molecule has 194 valence electrons. The van der Waals surface area contributed by atoms with Crippen molar-refractivity contribution >= 4 is 29.6 Å². The van der Waals surface area contributed by atoms with E-state index in [2.05, 4.69) is 5.32 Å². The van der Waals surface area contributed by atoms with E-state index in [1.807, 2.05) is 12.1 Å². The normalized spacial score (nSPS) is 18.6. The summed E-state index contributed by atoms with van der Waals surface area (Å²) in [6, 6.07) is 10.9. The summed E-state index contributed by atoms with van der Waals surface area (Å²) in [6.45, 7) is 7.08. The van der Waals surface area contributed by atoms with E-state index in [1.54, 1.807) is 39.0 Å². The number of rotatable bonds is 7. The van der Waals surface area contributed by atoms with Gasteiger partial charge in [-0.2, -0.15) is 0 Å². The molecule has 2 N–H and O–H groups in total. The highest BCUT2D eigenvalue weighted by Gasteiger charge is 2.47. The number of ether oxygens (including phenoxy) is 1. The third kappa shape index (κ3) is 6.97. The van der Waals surface area contributed by atoms with E-state index >= 15 is 0 Å². The molecule has 1 heterocycles. The minimum Gasteiger partial charge on any atom is -0.481 e. The zero-order chi connectivity index (χ0) is 26.7. The molecule has 7 nitrogen and oxygen atoms in total. The zero-order valence-corrected chi connectivity index (χ0v) is 21.7. The standard InChI is InChI=1S/C27H32ClFN2O5/c1-17(32)31-12-11-27(16-31,24(33)34)15-21(30-25(35)36-26(2,3)4)13-18-5-7-19(8-6-18)22-14-20(28)9-10-23(22)29/h5-10,14,21H,11-13,15-16H2,1-4H3,(H,30,35)(H,33,34)/t21-,27?/m1/s1. The summed E-state index contributed by atoms with van der Waals surface area (Å²) in [5, 5.41) is 13.3. The molecule has 0 aromatic heterocycles. The molecule has 1 saturated heterocycles. The van der Waals surface area contributed by atoms with Crippen LogP contribution in [0, 0.1) is 11.2 Å². The number of nitrogens with zero attached hydrogens (tertiary/aromatic N) is 1. The highest BCUT2D eigenvalue weighted by atomic mass is 35.5. The topological polar surface area (TPSA) is 95.9 Å². The molecule has 2 aromatic rings. The van der Waals surface area contributed by atoms with Crippen molar-refractivity contribution in [1.82, 2.24) is 10.2 Å². The highest BCUT2D eigenvalue weighted by Crippen LogP contribution is 2.36. The molecule has 1 unspecified atom stereocenters. The first-order valence-electron chi connectivity index (χ1n) is 11.8. The van der Waals surface area contributed by atoms with Crippen LogP contribution in [-0.2, 0) is 20.7 Å². The van der Waals surface area contributed by atoms with Crippen LogP contribution in [0.2, 0.25) is 5.02 Å². The molecule has 2 atom stereocenters. The van der Waals surface area contributed by atoms with Crippen molar-refractivity contribution in [3.05, 3.63) is 58.9 Å². The van der Waals surface area contributed by atoms with Crippen LogP contribution in [0.25, 0.3) is 11.1 Å². The number of carbonyl (C=O) groups is 3. The first-order chi connectivity index (χ1) is 16.8. The van der Waals surface area contributed by atoms with Crippen molar-refractivity contribution < 1.29 is 28.6 Å². The second-order valence-electron chi connectivity index (χ2n) is 10.3. The molecule has 2 aromatic carbocycles. The van der Waals surface area contributed by atoms with Crippen LogP contribution in [0.5, 0.6) is 0 Å². The van der Waals surface area contributed by atoms with Gasteiger partial charge in [-0.3, -0.25) is 9.59 Å². The van der Waals surface area contributed by atoms with E-state index in [0.717, 1.165) is 5.56 Å². The number of hydrogen-bond acceptors (Lipinski definition) is 4. The minimum absolute atomic E-state index is 0.0805. The van der Waals surface area contributed by atoms with E-state index in [-0.39, 0.29) is 18.9 Å². The molecule has 2 amide bonds. The second kappa shape index (κ2) is 10.9. The maximum absolute atomic E-state index is 14.3. The van der Waals surface area contributed by atoms with E-state index < -0.39 is 34.9 Å². The Balaban J connectivity index is 1.84. The Hall–Kier alpha value is -3.13. The number of carboxylic acids is 1. The van der Waals surface area contributed by atoms with E-state index in [0.29, 0.717) is 35.5 Å². The van der Waals surface area contributed by atoms with Crippen molar-refractivity contribution in [2.75, 3.05) is 13.1 Å². The summed E-state index contributed by atoms with van der Waals surface area (Å²) in [5.74, 6) is -1.58. The lowest BCUT2D eigenvalue weighted by Crippen LogP contribution is -2.46. The van der Waals surface area contributed by atoms with Crippen LogP contribution in [0.1, 0.15) is 46.1 Å². The zero-order valence-electron chi connectivity index (χ0n) is 20.9. The number of carboxylic acid groups (broad SMARTS) is 1. The number of nitrogens with one attached hydrogen (secondary N) is 1. The van der Waals surface area contributed by atoms with Gasteiger partial charge in [-0.25, -0.2) is 9.18 Å². The Bertz CT molecular complexity index is 1130. The summed E-state index contributed by atoms with van der Waals surface area (Å²) >= 11 is 6.02. The number of amides is 2. The van der Waals surface area contributed by atoms with Gasteiger partial charge in [0.05, 0.1) is 5.41 Å². The number of halogens is 2. The molecule has 1 aliphatic rings. The Labute approximate surface area is 215 Å². The van der Waals surface area contributed by atoms with Gasteiger partial charge in [0.2, 0.25) is 5.91 Å². The Kier molecular flexibility index (Phi) is 8.29. The second-order valence-corrected chi connectivity index (χ2v) is 10.8. The van der Waals surface area contributed by atoms with Gasteiger partial charge in [-0.05, 0) is 69.4 Å². The maximum Gasteiger partial charge on any atom is 0.407 e. The van der Waals surface area contributed by atoms with Gasteiger partial charge in [0.25, 0.3) is 0 Å². The third-order valence-electron chi connectivity index (χ3n) is 6.29. The van der Waals surface area contributed by atoms with Gasteiger partial charge < -0.3 is 20.1 Å².